The summed E-state index contributed by atoms with van der Waals surface area (Å²) in [6.07, 6.45) is 0.960. The lowest BCUT2D eigenvalue weighted by molar-refractivity contribution is 0.269. The molecule has 0 fully saturated rings. The van der Waals surface area contributed by atoms with Crippen molar-refractivity contribution in [3.05, 3.63) is 92.4 Å². The Labute approximate surface area is 192 Å². The normalized spacial score (nSPS) is 10.8. The van der Waals surface area contributed by atoms with Crippen molar-refractivity contribution in [2.75, 3.05) is 13.2 Å². The Hall–Kier alpha value is -1.91. The third-order valence-corrected chi connectivity index (χ3v) is 5.63. The van der Waals surface area contributed by atoms with Gasteiger partial charge in [0.05, 0.1) is 16.7 Å². The Morgan fingerprint density at radius 3 is 2.27 bits per heavy atom. The van der Waals surface area contributed by atoms with Gasteiger partial charge in [0, 0.05) is 17.6 Å². The Balaban J connectivity index is 1.63. The Morgan fingerprint density at radius 1 is 0.767 bits per heavy atom. The monoisotopic (exact) mass is 463 g/mol. The van der Waals surface area contributed by atoms with Crippen molar-refractivity contribution in [3.63, 3.8) is 0 Å². The van der Waals surface area contributed by atoms with E-state index in [9.17, 15) is 0 Å². The molecule has 6 heteroatoms. The van der Waals surface area contributed by atoms with Gasteiger partial charge < -0.3 is 14.8 Å². The average molecular weight is 465 g/mol. The smallest absolute Gasteiger partial charge is 0.163 e. The fraction of sp³-hybridized carbons (Fsp3) is 0.250. The zero-order valence-electron chi connectivity index (χ0n) is 16.8. The summed E-state index contributed by atoms with van der Waals surface area (Å²) in [5.41, 5.74) is 3.18. The summed E-state index contributed by atoms with van der Waals surface area (Å²) >= 11 is 18.6. The van der Waals surface area contributed by atoms with E-state index < -0.39 is 0 Å². The van der Waals surface area contributed by atoms with Crippen LogP contribution in [0.5, 0.6) is 11.5 Å². The van der Waals surface area contributed by atoms with Crippen molar-refractivity contribution < 1.29 is 9.47 Å². The second-order valence-electron chi connectivity index (χ2n) is 6.77. The van der Waals surface area contributed by atoms with E-state index in [1.807, 2.05) is 25.1 Å². The van der Waals surface area contributed by atoms with Crippen LogP contribution < -0.4 is 14.8 Å². The number of rotatable bonds is 10. The predicted octanol–water partition coefficient (Wildman–Crippen LogP) is 6.96. The fourth-order valence-corrected chi connectivity index (χ4v) is 3.53. The molecule has 1 N–H and O–H groups in total. The van der Waals surface area contributed by atoms with Gasteiger partial charge in [-0.3, -0.25) is 0 Å². The molecule has 3 nitrogen and oxygen atoms in total. The fourth-order valence-electron chi connectivity index (χ4n) is 2.98. The molecule has 0 atom stereocenters. The minimum atomic E-state index is 0.335. The molecular formula is C24H24Cl3NO2. The van der Waals surface area contributed by atoms with Gasteiger partial charge in [-0.2, -0.15) is 0 Å². The highest BCUT2D eigenvalue weighted by Crippen LogP contribution is 2.34. The summed E-state index contributed by atoms with van der Waals surface area (Å²) in [6.45, 7) is 4.32. The Bertz CT molecular complexity index is 964. The Morgan fingerprint density at radius 2 is 1.53 bits per heavy atom. The first kappa shape index (κ1) is 22.8. The average Bonchev–Trinajstić information content (AvgIpc) is 2.75. The van der Waals surface area contributed by atoms with Crippen LogP contribution in [0.2, 0.25) is 15.1 Å². The van der Waals surface area contributed by atoms with Crippen molar-refractivity contribution in [2.24, 2.45) is 0 Å². The molecule has 158 valence electrons. The highest BCUT2D eigenvalue weighted by molar-refractivity contribution is 6.42. The van der Waals surface area contributed by atoms with Gasteiger partial charge in [0.1, 0.15) is 6.61 Å². The number of ether oxygens (including phenoxy) is 2. The van der Waals surface area contributed by atoms with Crippen LogP contribution in [0.15, 0.2) is 60.7 Å². The van der Waals surface area contributed by atoms with Gasteiger partial charge in [-0.1, -0.05) is 71.2 Å². The molecule has 3 aromatic rings. The van der Waals surface area contributed by atoms with Crippen LogP contribution in [-0.4, -0.2) is 13.2 Å². The molecule has 3 rings (SSSR count). The standard InChI is InChI=1S/C24H24Cl3NO2/c1-2-29-23-13-19(15-28-11-10-17-6-4-3-5-7-17)21(26)14-24(23)30-16-18-8-9-20(25)22(27)12-18/h3-9,12-14,28H,2,10-11,15-16H2,1H3. The highest BCUT2D eigenvalue weighted by Gasteiger charge is 2.12. The van der Waals surface area contributed by atoms with Crippen LogP contribution in [0.1, 0.15) is 23.6 Å². The minimum absolute atomic E-state index is 0.335. The summed E-state index contributed by atoms with van der Waals surface area (Å²) in [5, 5.41) is 5.09. The van der Waals surface area contributed by atoms with Gasteiger partial charge in [0.25, 0.3) is 0 Å². The SMILES string of the molecule is CCOc1cc(CNCCc2ccccc2)c(Cl)cc1OCc1ccc(Cl)c(Cl)c1. The summed E-state index contributed by atoms with van der Waals surface area (Å²) in [7, 11) is 0. The molecule has 0 aliphatic rings. The van der Waals surface area contributed by atoms with Gasteiger partial charge in [-0.15, -0.1) is 0 Å². The number of hydrogen-bond acceptors (Lipinski definition) is 3. The van der Waals surface area contributed by atoms with Crippen LogP contribution in [-0.2, 0) is 19.6 Å². The summed E-state index contributed by atoms with van der Waals surface area (Å²) in [6, 6.07) is 19.5. The lowest BCUT2D eigenvalue weighted by Crippen LogP contribution is -2.17. The van der Waals surface area contributed by atoms with E-state index in [1.165, 1.54) is 5.56 Å². The predicted molar refractivity (Wildman–Crippen MR) is 125 cm³/mol. The number of nitrogens with one attached hydrogen (secondary N) is 1. The first-order valence-electron chi connectivity index (χ1n) is 9.83. The first-order chi connectivity index (χ1) is 14.6. The molecule has 0 heterocycles. The largest absolute Gasteiger partial charge is 0.490 e. The maximum Gasteiger partial charge on any atom is 0.163 e. The maximum atomic E-state index is 6.51. The molecule has 0 amide bonds. The van der Waals surface area contributed by atoms with Crippen LogP contribution in [0.4, 0.5) is 0 Å². The molecule has 3 aromatic carbocycles. The first-order valence-corrected chi connectivity index (χ1v) is 11.0. The van der Waals surface area contributed by atoms with E-state index in [-0.39, 0.29) is 0 Å². The summed E-state index contributed by atoms with van der Waals surface area (Å²) in [4.78, 5) is 0. The van der Waals surface area contributed by atoms with E-state index >= 15 is 0 Å². The van der Waals surface area contributed by atoms with E-state index in [1.54, 1.807) is 18.2 Å². The van der Waals surface area contributed by atoms with Gasteiger partial charge in [0.15, 0.2) is 11.5 Å². The zero-order valence-corrected chi connectivity index (χ0v) is 19.0. The second-order valence-corrected chi connectivity index (χ2v) is 7.99. The third-order valence-electron chi connectivity index (χ3n) is 4.54. The van der Waals surface area contributed by atoms with Crippen LogP contribution in [0.25, 0.3) is 0 Å². The molecule has 0 aliphatic carbocycles. The molecule has 0 saturated heterocycles. The molecule has 0 aromatic heterocycles. The number of benzene rings is 3. The number of halogens is 3. The Kier molecular flexibility index (Phi) is 8.71. The third kappa shape index (κ3) is 6.55. The quantitative estimate of drug-likeness (QED) is 0.329. The van der Waals surface area contributed by atoms with Crippen LogP contribution in [0.3, 0.4) is 0 Å². The van der Waals surface area contributed by atoms with E-state index in [4.69, 9.17) is 44.3 Å². The maximum absolute atomic E-state index is 6.51. The minimum Gasteiger partial charge on any atom is -0.490 e. The summed E-state index contributed by atoms with van der Waals surface area (Å²) < 4.78 is 11.7. The van der Waals surface area contributed by atoms with Gasteiger partial charge >= 0.3 is 0 Å². The second kappa shape index (κ2) is 11.5. The molecule has 30 heavy (non-hydrogen) atoms. The van der Waals surface area contributed by atoms with Crippen LogP contribution >= 0.6 is 34.8 Å². The van der Waals surface area contributed by atoms with E-state index in [2.05, 4.69) is 29.6 Å². The number of hydrogen-bond donors (Lipinski definition) is 1. The van der Waals surface area contributed by atoms with Crippen molar-refractivity contribution in [1.29, 1.82) is 0 Å². The van der Waals surface area contributed by atoms with Gasteiger partial charge in [-0.05, 0) is 54.8 Å². The van der Waals surface area contributed by atoms with Crippen molar-refractivity contribution >= 4 is 34.8 Å². The topological polar surface area (TPSA) is 30.5 Å². The van der Waals surface area contributed by atoms with Gasteiger partial charge in [0.2, 0.25) is 0 Å². The lowest BCUT2D eigenvalue weighted by Gasteiger charge is -2.15. The molecule has 0 bridgehead atoms. The molecule has 0 saturated carbocycles. The van der Waals surface area contributed by atoms with E-state index in [0.717, 1.165) is 24.1 Å². The van der Waals surface area contributed by atoms with E-state index in [0.29, 0.717) is 46.3 Å². The lowest BCUT2D eigenvalue weighted by atomic mass is 10.1. The van der Waals surface area contributed by atoms with Crippen molar-refractivity contribution in [3.8, 4) is 11.5 Å². The highest BCUT2D eigenvalue weighted by atomic mass is 35.5. The molecule has 0 radical (unpaired) electrons. The van der Waals surface area contributed by atoms with Crippen molar-refractivity contribution in [2.45, 2.75) is 26.5 Å². The zero-order chi connectivity index (χ0) is 21.3. The van der Waals surface area contributed by atoms with Gasteiger partial charge in [-0.25, -0.2) is 0 Å². The van der Waals surface area contributed by atoms with Crippen LogP contribution in [0, 0.1) is 0 Å². The molecule has 0 spiro atoms. The molecular weight excluding hydrogens is 441 g/mol. The molecule has 0 aliphatic heterocycles. The molecule has 0 unspecified atom stereocenters. The summed E-state index contributed by atoms with van der Waals surface area (Å²) in [5.74, 6) is 1.27. The van der Waals surface area contributed by atoms with Crippen molar-refractivity contribution in [1.82, 2.24) is 5.32 Å².